The van der Waals surface area contributed by atoms with Gasteiger partial charge in [-0.15, -0.1) is 0 Å². The number of benzene rings is 1. The summed E-state index contributed by atoms with van der Waals surface area (Å²) in [6.45, 7) is 2.60. The highest BCUT2D eigenvalue weighted by Crippen LogP contribution is 2.32. The average Bonchev–Trinajstić information content (AvgIpc) is 3.25. The SMILES string of the molecule is COc1cccc(CNC2CC2)c1OCCCN(C)C. The predicted octanol–water partition coefficient (Wildman–Crippen LogP) is 2.28. The minimum absolute atomic E-state index is 0.697. The van der Waals surface area contributed by atoms with Gasteiger partial charge in [0.05, 0.1) is 13.7 Å². The molecule has 0 aliphatic heterocycles. The van der Waals surface area contributed by atoms with E-state index in [2.05, 4.69) is 30.4 Å². The third-order valence-corrected chi connectivity index (χ3v) is 3.43. The highest BCUT2D eigenvalue weighted by molar-refractivity contribution is 5.46. The van der Waals surface area contributed by atoms with Crippen LogP contribution in [0.4, 0.5) is 0 Å². The lowest BCUT2D eigenvalue weighted by Crippen LogP contribution is -2.18. The van der Waals surface area contributed by atoms with Gasteiger partial charge in [-0.05, 0) is 39.4 Å². The van der Waals surface area contributed by atoms with Crippen LogP contribution in [0.3, 0.4) is 0 Å². The van der Waals surface area contributed by atoms with Crippen molar-refractivity contribution in [2.45, 2.75) is 31.8 Å². The first-order chi connectivity index (χ1) is 9.70. The van der Waals surface area contributed by atoms with Crippen molar-refractivity contribution >= 4 is 0 Å². The summed E-state index contributed by atoms with van der Waals surface area (Å²) in [6.07, 6.45) is 3.60. The van der Waals surface area contributed by atoms with Gasteiger partial charge in [0.2, 0.25) is 0 Å². The van der Waals surface area contributed by atoms with E-state index in [1.807, 2.05) is 12.1 Å². The molecule has 1 aromatic carbocycles. The van der Waals surface area contributed by atoms with Crippen molar-refractivity contribution < 1.29 is 9.47 Å². The molecular formula is C16H26N2O2. The Kier molecular flexibility index (Phi) is 5.68. The van der Waals surface area contributed by atoms with Crippen molar-refractivity contribution in [2.75, 3.05) is 34.4 Å². The predicted molar refractivity (Wildman–Crippen MR) is 81.5 cm³/mol. The molecule has 1 aliphatic carbocycles. The van der Waals surface area contributed by atoms with Crippen molar-refractivity contribution in [2.24, 2.45) is 0 Å². The number of ether oxygens (including phenoxy) is 2. The molecule has 1 saturated carbocycles. The van der Waals surface area contributed by atoms with Crippen LogP contribution in [-0.2, 0) is 6.54 Å². The van der Waals surface area contributed by atoms with Crippen LogP contribution in [0, 0.1) is 0 Å². The number of hydrogen-bond donors (Lipinski definition) is 1. The van der Waals surface area contributed by atoms with Gasteiger partial charge in [-0.2, -0.15) is 0 Å². The average molecular weight is 278 g/mol. The van der Waals surface area contributed by atoms with Crippen LogP contribution in [0.2, 0.25) is 0 Å². The van der Waals surface area contributed by atoms with Gasteiger partial charge in [0.25, 0.3) is 0 Å². The monoisotopic (exact) mass is 278 g/mol. The summed E-state index contributed by atoms with van der Waals surface area (Å²) < 4.78 is 11.4. The molecule has 0 atom stereocenters. The Hall–Kier alpha value is -1.26. The number of methoxy groups -OCH3 is 1. The summed E-state index contributed by atoms with van der Waals surface area (Å²) in [5.74, 6) is 1.71. The van der Waals surface area contributed by atoms with Crippen molar-refractivity contribution in [1.29, 1.82) is 0 Å². The molecule has 2 rings (SSSR count). The number of nitrogens with one attached hydrogen (secondary N) is 1. The van der Waals surface area contributed by atoms with Crippen LogP contribution in [0.5, 0.6) is 11.5 Å². The second-order valence-electron chi connectivity index (χ2n) is 5.61. The lowest BCUT2D eigenvalue weighted by Gasteiger charge is -2.16. The Morgan fingerprint density at radius 2 is 2.10 bits per heavy atom. The Balaban J connectivity index is 1.94. The summed E-state index contributed by atoms with van der Waals surface area (Å²) in [7, 11) is 5.85. The quantitative estimate of drug-likeness (QED) is 0.703. The molecule has 4 heteroatoms. The second kappa shape index (κ2) is 7.50. The Bertz CT molecular complexity index is 417. The molecule has 0 spiro atoms. The van der Waals surface area contributed by atoms with Crippen molar-refractivity contribution in [3.8, 4) is 11.5 Å². The molecule has 0 bridgehead atoms. The molecule has 0 unspecified atom stereocenters. The lowest BCUT2D eigenvalue weighted by molar-refractivity contribution is 0.265. The van der Waals surface area contributed by atoms with Gasteiger partial charge in [0.15, 0.2) is 11.5 Å². The maximum Gasteiger partial charge on any atom is 0.165 e. The molecule has 0 saturated heterocycles. The summed E-state index contributed by atoms with van der Waals surface area (Å²) in [6, 6.07) is 6.79. The molecule has 0 heterocycles. The Morgan fingerprint density at radius 1 is 1.30 bits per heavy atom. The van der Waals surface area contributed by atoms with E-state index in [9.17, 15) is 0 Å². The highest BCUT2D eigenvalue weighted by Gasteiger charge is 2.21. The first-order valence-electron chi connectivity index (χ1n) is 7.37. The van der Waals surface area contributed by atoms with Crippen LogP contribution < -0.4 is 14.8 Å². The number of para-hydroxylation sites is 1. The topological polar surface area (TPSA) is 33.7 Å². The molecule has 1 N–H and O–H groups in total. The van der Waals surface area contributed by atoms with Gasteiger partial charge in [-0.25, -0.2) is 0 Å². The first-order valence-corrected chi connectivity index (χ1v) is 7.37. The van der Waals surface area contributed by atoms with Gasteiger partial charge in [-0.3, -0.25) is 0 Å². The third-order valence-electron chi connectivity index (χ3n) is 3.43. The van der Waals surface area contributed by atoms with Crippen LogP contribution >= 0.6 is 0 Å². The van der Waals surface area contributed by atoms with Crippen LogP contribution in [-0.4, -0.2) is 45.3 Å². The van der Waals surface area contributed by atoms with E-state index in [-0.39, 0.29) is 0 Å². The minimum atomic E-state index is 0.697. The van der Waals surface area contributed by atoms with Gasteiger partial charge in [-0.1, -0.05) is 12.1 Å². The van der Waals surface area contributed by atoms with Crippen LogP contribution in [0.25, 0.3) is 0 Å². The molecular weight excluding hydrogens is 252 g/mol. The van der Waals surface area contributed by atoms with Gasteiger partial charge >= 0.3 is 0 Å². The maximum absolute atomic E-state index is 5.97. The van der Waals surface area contributed by atoms with Crippen LogP contribution in [0.15, 0.2) is 18.2 Å². The fraction of sp³-hybridized carbons (Fsp3) is 0.625. The lowest BCUT2D eigenvalue weighted by atomic mass is 10.2. The molecule has 0 aromatic heterocycles. The van der Waals surface area contributed by atoms with Gasteiger partial charge in [0.1, 0.15) is 0 Å². The molecule has 1 aromatic rings. The number of nitrogens with zero attached hydrogens (tertiary/aromatic N) is 1. The van der Waals surface area contributed by atoms with E-state index in [4.69, 9.17) is 9.47 Å². The fourth-order valence-corrected chi connectivity index (χ4v) is 2.12. The van der Waals surface area contributed by atoms with E-state index in [0.717, 1.165) is 37.6 Å². The zero-order valence-corrected chi connectivity index (χ0v) is 12.8. The standard InChI is InChI=1S/C16H26N2O2/c1-18(2)10-5-11-20-16-13(12-17-14-8-9-14)6-4-7-15(16)19-3/h4,6-7,14,17H,5,8-12H2,1-3H3. The minimum Gasteiger partial charge on any atom is -0.493 e. The highest BCUT2D eigenvalue weighted by atomic mass is 16.5. The normalized spacial score (nSPS) is 14.6. The van der Waals surface area contributed by atoms with Crippen molar-refractivity contribution in [3.05, 3.63) is 23.8 Å². The smallest absolute Gasteiger partial charge is 0.165 e. The molecule has 0 radical (unpaired) electrons. The molecule has 4 nitrogen and oxygen atoms in total. The zero-order valence-electron chi connectivity index (χ0n) is 12.8. The van der Waals surface area contributed by atoms with E-state index in [0.29, 0.717) is 6.04 Å². The molecule has 1 fully saturated rings. The summed E-state index contributed by atoms with van der Waals surface area (Å²) in [4.78, 5) is 2.17. The second-order valence-corrected chi connectivity index (χ2v) is 5.61. The largest absolute Gasteiger partial charge is 0.493 e. The fourth-order valence-electron chi connectivity index (χ4n) is 2.12. The van der Waals surface area contributed by atoms with E-state index in [1.165, 1.54) is 18.4 Å². The number of rotatable bonds is 9. The summed E-state index contributed by atoms with van der Waals surface area (Å²) in [5, 5.41) is 3.53. The molecule has 0 amide bonds. The zero-order chi connectivity index (χ0) is 14.4. The van der Waals surface area contributed by atoms with Crippen LogP contribution in [0.1, 0.15) is 24.8 Å². The van der Waals surface area contributed by atoms with Gasteiger partial charge in [0, 0.05) is 24.7 Å². The first kappa shape index (κ1) is 15.1. The summed E-state index contributed by atoms with van der Waals surface area (Å²) in [5.41, 5.74) is 1.18. The van der Waals surface area contributed by atoms with E-state index >= 15 is 0 Å². The number of hydrogen-bond acceptors (Lipinski definition) is 4. The van der Waals surface area contributed by atoms with E-state index < -0.39 is 0 Å². The summed E-state index contributed by atoms with van der Waals surface area (Å²) >= 11 is 0. The van der Waals surface area contributed by atoms with Gasteiger partial charge < -0.3 is 19.7 Å². The maximum atomic E-state index is 5.97. The van der Waals surface area contributed by atoms with Crippen molar-refractivity contribution in [3.63, 3.8) is 0 Å². The Morgan fingerprint density at radius 3 is 2.75 bits per heavy atom. The van der Waals surface area contributed by atoms with E-state index in [1.54, 1.807) is 7.11 Å². The third kappa shape index (κ3) is 4.69. The molecule has 20 heavy (non-hydrogen) atoms. The van der Waals surface area contributed by atoms with Crippen molar-refractivity contribution in [1.82, 2.24) is 10.2 Å². The Labute approximate surface area is 122 Å². The molecule has 1 aliphatic rings. The molecule has 112 valence electrons.